The first-order valence-electron chi connectivity index (χ1n) is 8.18. The van der Waals surface area contributed by atoms with Crippen LogP contribution in [0.15, 0.2) is 0 Å². The number of morpholine rings is 1. The van der Waals surface area contributed by atoms with Crippen LogP contribution in [0.2, 0.25) is 0 Å². The van der Waals surface area contributed by atoms with Crippen LogP contribution in [-0.4, -0.2) is 110 Å². The molecular formula is C15H28N4O4. The van der Waals surface area contributed by atoms with Gasteiger partial charge in [0.25, 0.3) is 5.91 Å². The summed E-state index contributed by atoms with van der Waals surface area (Å²) in [4.78, 5) is 30.5. The lowest BCUT2D eigenvalue weighted by molar-refractivity contribution is -0.163. The average molecular weight is 328 g/mol. The van der Waals surface area contributed by atoms with E-state index in [1.165, 1.54) is 0 Å². The maximum atomic E-state index is 12.5. The fraction of sp³-hybridized carbons (Fsp3) is 0.867. The maximum absolute atomic E-state index is 12.5. The summed E-state index contributed by atoms with van der Waals surface area (Å²) in [7, 11) is 1.57. The van der Waals surface area contributed by atoms with Crippen LogP contribution >= 0.6 is 0 Å². The van der Waals surface area contributed by atoms with E-state index in [1.807, 2.05) is 0 Å². The zero-order chi connectivity index (χ0) is 16.9. The van der Waals surface area contributed by atoms with Gasteiger partial charge in [-0.05, 0) is 6.92 Å². The third kappa shape index (κ3) is 4.63. The summed E-state index contributed by atoms with van der Waals surface area (Å²) in [6.07, 6.45) is 0. The number of hydrogen-bond donors (Lipinski definition) is 2. The van der Waals surface area contributed by atoms with E-state index in [4.69, 9.17) is 9.84 Å². The van der Waals surface area contributed by atoms with Crippen LogP contribution in [-0.2, 0) is 14.3 Å². The van der Waals surface area contributed by atoms with Crippen LogP contribution in [0.4, 0.5) is 0 Å². The molecule has 2 heterocycles. The molecule has 0 spiro atoms. The molecule has 0 radical (unpaired) electrons. The lowest BCUT2D eigenvalue weighted by Gasteiger charge is -2.40. The summed E-state index contributed by atoms with van der Waals surface area (Å²) in [5.41, 5.74) is -0.970. The third-order valence-electron chi connectivity index (χ3n) is 4.57. The van der Waals surface area contributed by atoms with E-state index >= 15 is 0 Å². The van der Waals surface area contributed by atoms with Gasteiger partial charge in [-0.25, -0.2) is 0 Å². The van der Waals surface area contributed by atoms with Gasteiger partial charge in [0.2, 0.25) is 5.91 Å². The molecule has 132 valence electrons. The number of ether oxygens (including phenoxy) is 1. The van der Waals surface area contributed by atoms with E-state index in [-0.39, 0.29) is 25.0 Å². The summed E-state index contributed by atoms with van der Waals surface area (Å²) in [6, 6.07) is 0. The van der Waals surface area contributed by atoms with Crippen molar-refractivity contribution in [2.24, 2.45) is 0 Å². The number of likely N-dealkylation sites (N-methyl/N-ethyl adjacent to an activating group) is 1. The number of rotatable bonds is 5. The zero-order valence-corrected chi connectivity index (χ0v) is 14.1. The second-order valence-corrected chi connectivity index (χ2v) is 6.32. The number of carbonyl (C=O) groups is 2. The number of amides is 2. The molecule has 2 aliphatic heterocycles. The van der Waals surface area contributed by atoms with Crippen molar-refractivity contribution in [2.75, 3.05) is 72.6 Å². The fourth-order valence-electron chi connectivity index (χ4n) is 3.09. The predicted octanol–water partition coefficient (Wildman–Crippen LogP) is -2.04. The lowest BCUT2D eigenvalue weighted by atomic mass is 10.0. The molecule has 0 aromatic heterocycles. The number of β-amino-alcohol motifs (C(OH)–C–C–N with tert-alkyl or cyclic N) is 1. The Hall–Kier alpha value is -1.22. The van der Waals surface area contributed by atoms with Gasteiger partial charge >= 0.3 is 0 Å². The van der Waals surface area contributed by atoms with Gasteiger partial charge in [-0.3, -0.25) is 19.4 Å². The first-order chi connectivity index (χ1) is 11.0. The van der Waals surface area contributed by atoms with Crippen LogP contribution in [0.25, 0.3) is 0 Å². The van der Waals surface area contributed by atoms with Gasteiger partial charge in [0.15, 0.2) is 5.60 Å². The highest BCUT2D eigenvalue weighted by Gasteiger charge is 2.40. The van der Waals surface area contributed by atoms with Crippen LogP contribution in [0.3, 0.4) is 0 Å². The number of piperazine rings is 1. The normalized spacial score (nSPS) is 27.0. The van der Waals surface area contributed by atoms with Gasteiger partial charge in [0.1, 0.15) is 0 Å². The summed E-state index contributed by atoms with van der Waals surface area (Å²) in [5, 5.41) is 11.5. The molecule has 2 fully saturated rings. The molecule has 2 rings (SSSR count). The molecular weight excluding hydrogens is 300 g/mol. The number of carbonyl (C=O) groups excluding carboxylic acids is 2. The number of aliphatic hydroxyl groups excluding tert-OH is 1. The Balaban J connectivity index is 1.83. The van der Waals surface area contributed by atoms with Crippen LogP contribution in [0.1, 0.15) is 6.92 Å². The van der Waals surface area contributed by atoms with E-state index in [1.54, 1.807) is 18.9 Å². The Kier molecular flexibility index (Phi) is 6.34. The van der Waals surface area contributed by atoms with Crippen molar-refractivity contribution in [1.29, 1.82) is 0 Å². The SMILES string of the molecule is CNC(=O)[C@]1(C)CN(C(=O)CN2CCN(CCO)CC2)CCO1. The van der Waals surface area contributed by atoms with E-state index < -0.39 is 5.60 Å². The second kappa shape index (κ2) is 8.05. The van der Waals surface area contributed by atoms with Crippen molar-refractivity contribution < 1.29 is 19.4 Å². The fourth-order valence-corrected chi connectivity index (χ4v) is 3.09. The van der Waals surface area contributed by atoms with Gasteiger partial charge in [-0.15, -0.1) is 0 Å². The largest absolute Gasteiger partial charge is 0.395 e. The van der Waals surface area contributed by atoms with Gasteiger partial charge < -0.3 is 20.1 Å². The quantitative estimate of drug-likeness (QED) is 0.605. The minimum absolute atomic E-state index is 0.0408. The summed E-state index contributed by atoms with van der Waals surface area (Å²) in [5.74, 6) is -0.161. The predicted molar refractivity (Wildman–Crippen MR) is 85.0 cm³/mol. The van der Waals surface area contributed by atoms with E-state index in [9.17, 15) is 9.59 Å². The van der Waals surface area contributed by atoms with Crippen molar-refractivity contribution >= 4 is 11.8 Å². The minimum atomic E-state index is -0.970. The van der Waals surface area contributed by atoms with Gasteiger partial charge in [0, 0.05) is 46.3 Å². The average Bonchev–Trinajstić information content (AvgIpc) is 2.56. The van der Waals surface area contributed by atoms with Crippen LogP contribution < -0.4 is 5.32 Å². The Bertz CT molecular complexity index is 426. The first-order valence-corrected chi connectivity index (χ1v) is 8.18. The molecule has 0 aliphatic carbocycles. The monoisotopic (exact) mass is 328 g/mol. The lowest BCUT2D eigenvalue weighted by Crippen LogP contribution is -2.60. The standard InChI is InChI=1S/C15H28N4O4/c1-15(14(22)16-2)12-19(8-10-23-15)13(21)11-18-5-3-17(4-6-18)7-9-20/h20H,3-12H2,1-2H3,(H,16,22)/t15-/m0/s1. The van der Waals surface area contributed by atoms with Crippen molar-refractivity contribution in [3.8, 4) is 0 Å². The number of aliphatic hydroxyl groups is 1. The van der Waals surface area contributed by atoms with Crippen molar-refractivity contribution in [3.63, 3.8) is 0 Å². The Labute approximate surface area is 137 Å². The second-order valence-electron chi connectivity index (χ2n) is 6.32. The topological polar surface area (TPSA) is 85.4 Å². The van der Waals surface area contributed by atoms with E-state index in [0.717, 1.165) is 26.2 Å². The van der Waals surface area contributed by atoms with Crippen LogP contribution in [0, 0.1) is 0 Å². The Morgan fingerprint density at radius 3 is 2.43 bits per heavy atom. The Morgan fingerprint density at radius 2 is 1.83 bits per heavy atom. The molecule has 2 aliphatic rings. The van der Waals surface area contributed by atoms with Gasteiger partial charge in [0.05, 0.1) is 26.3 Å². The minimum Gasteiger partial charge on any atom is -0.395 e. The molecule has 2 saturated heterocycles. The number of nitrogens with one attached hydrogen (secondary N) is 1. The van der Waals surface area contributed by atoms with Gasteiger partial charge in [-0.2, -0.15) is 0 Å². The summed E-state index contributed by atoms with van der Waals surface area (Å²) < 4.78 is 5.58. The zero-order valence-electron chi connectivity index (χ0n) is 14.1. The first kappa shape index (κ1) is 18.1. The molecule has 0 saturated carbocycles. The molecule has 1 atom stereocenters. The molecule has 0 aromatic carbocycles. The van der Waals surface area contributed by atoms with Crippen molar-refractivity contribution in [1.82, 2.24) is 20.0 Å². The molecule has 23 heavy (non-hydrogen) atoms. The number of hydrogen-bond acceptors (Lipinski definition) is 6. The third-order valence-corrected chi connectivity index (χ3v) is 4.57. The molecule has 2 amide bonds. The molecule has 0 unspecified atom stereocenters. The van der Waals surface area contributed by atoms with Crippen molar-refractivity contribution in [3.05, 3.63) is 0 Å². The molecule has 0 aromatic rings. The van der Waals surface area contributed by atoms with E-state index in [0.29, 0.717) is 26.2 Å². The molecule has 8 nitrogen and oxygen atoms in total. The Morgan fingerprint density at radius 1 is 1.17 bits per heavy atom. The van der Waals surface area contributed by atoms with Crippen molar-refractivity contribution in [2.45, 2.75) is 12.5 Å². The molecule has 8 heteroatoms. The maximum Gasteiger partial charge on any atom is 0.253 e. The highest BCUT2D eigenvalue weighted by atomic mass is 16.5. The molecule has 0 bridgehead atoms. The highest BCUT2D eigenvalue weighted by Crippen LogP contribution is 2.18. The smallest absolute Gasteiger partial charge is 0.253 e. The van der Waals surface area contributed by atoms with Crippen LogP contribution in [0.5, 0.6) is 0 Å². The van der Waals surface area contributed by atoms with E-state index in [2.05, 4.69) is 15.1 Å². The summed E-state index contributed by atoms with van der Waals surface area (Å²) >= 11 is 0. The highest BCUT2D eigenvalue weighted by molar-refractivity contribution is 5.86. The molecule has 2 N–H and O–H groups in total. The summed E-state index contributed by atoms with van der Waals surface area (Å²) in [6.45, 7) is 7.52. The number of nitrogens with zero attached hydrogens (tertiary/aromatic N) is 3. The van der Waals surface area contributed by atoms with Gasteiger partial charge in [-0.1, -0.05) is 0 Å².